The van der Waals surface area contributed by atoms with Crippen molar-refractivity contribution in [2.45, 2.75) is 0 Å². The largest absolute Gasteiger partial charge is 0.309 e. The van der Waals surface area contributed by atoms with Crippen LogP contribution in [-0.2, 0) is 0 Å². The van der Waals surface area contributed by atoms with E-state index in [2.05, 4.69) is 149 Å². The van der Waals surface area contributed by atoms with Crippen LogP contribution in [-0.4, -0.2) is 24.1 Å². The van der Waals surface area contributed by atoms with Gasteiger partial charge in [0.2, 0.25) is 0 Å². The molecule has 56 heavy (non-hydrogen) atoms. The molecule has 0 unspecified atom stereocenters. The first-order valence-corrected chi connectivity index (χ1v) is 18.9. The molecule has 262 valence electrons. The van der Waals surface area contributed by atoms with Gasteiger partial charge in [0.05, 0.1) is 22.1 Å². The van der Waals surface area contributed by atoms with Gasteiger partial charge in [-0.25, -0.2) is 15.0 Å². The van der Waals surface area contributed by atoms with Crippen molar-refractivity contribution in [2.24, 2.45) is 0 Å². The van der Waals surface area contributed by atoms with E-state index < -0.39 is 0 Å². The first kappa shape index (κ1) is 31.9. The van der Waals surface area contributed by atoms with E-state index >= 15 is 0 Å². The van der Waals surface area contributed by atoms with Crippen LogP contribution in [0.5, 0.6) is 0 Å². The molecule has 0 aliphatic heterocycles. The van der Waals surface area contributed by atoms with Crippen molar-refractivity contribution < 1.29 is 0 Å². The van der Waals surface area contributed by atoms with Gasteiger partial charge < -0.3 is 9.13 Å². The maximum absolute atomic E-state index is 5.01. The smallest absolute Gasteiger partial charge is 0.164 e. The molecule has 11 aromatic rings. The molecule has 0 aliphatic carbocycles. The third kappa shape index (κ3) is 5.21. The summed E-state index contributed by atoms with van der Waals surface area (Å²) in [7, 11) is 0. The maximum Gasteiger partial charge on any atom is 0.164 e. The average Bonchev–Trinajstić information content (AvgIpc) is 3.80. The molecule has 8 aromatic carbocycles. The van der Waals surface area contributed by atoms with E-state index in [4.69, 9.17) is 15.0 Å². The van der Waals surface area contributed by atoms with Crippen LogP contribution in [0.4, 0.5) is 0 Å². The second kappa shape index (κ2) is 13.0. The molecule has 0 aliphatic rings. The average molecular weight is 716 g/mol. The lowest BCUT2D eigenvalue weighted by Crippen LogP contribution is -2.00. The lowest BCUT2D eigenvalue weighted by Gasteiger charge is -2.12. The molecule has 0 N–H and O–H groups in total. The number of nitrogens with zero attached hydrogens (tertiary/aromatic N) is 5. The highest BCUT2D eigenvalue weighted by atomic mass is 15.0. The van der Waals surface area contributed by atoms with Crippen molar-refractivity contribution in [1.82, 2.24) is 24.1 Å². The number of hydrogen-bond acceptors (Lipinski definition) is 3. The Morgan fingerprint density at radius 2 is 0.768 bits per heavy atom. The van der Waals surface area contributed by atoms with E-state index in [-0.39, 0.29) is 0 Å². The van der Waals surface area contributed by atoms with Crippen molar-refractivity contribution in [3.05, 3.63) is 200 Å². The Labute approximate surface area is 323 Å². The van der Waals surface area contributed by atoms with E-state index in [9.17, 15) is 0 Å². The molecule has 3 heterocycles. The Bertz CT molecular complexity index is 3180. The minimum atomic E-state index is 0.635. The zero-order chi connectivity index (χ0) is 37.0. The number of benzene rings is 8. The van der Waals surface area contributed by atoms with Crippen molar-refractivity contribution in [3.63, 3.8) is 0 Å². The molecule has 5 nitrogen and oxygen atoms in total. The van der Waals surface area contributed by atoms with E-state index in [0.717, 1.165) is 39.2 Å². The van der Waals surface area contributed by atoms with E-state index in [1.165, 1.54) is 43.6 Å². The lowest BCUT2D eigenvalue weighted by molar-refractivity contribution is 1.07. The summed E-state index contributed by atoms with van der Waals surface area (Å²) >= 11 is 0. The molecule has 0 radical (unpaired) electrons. The summed E-state index contributed by atoms with van der Waals surface area (Å²) in [5, 5.41) is 4.93. The standard InChI is InChI=1S/C51H33N5/c1-4-16-34(17-5-1)49-52-50(35-18-6-2-7-19-35)54-51(53-49)38-22-14-20-36(32-38)37-21-15-25-40(33-37)56-44-28-12-10-26-41(44)42-30-31-46-47(48(42)56)43-27-11-13-29-45(43)55(46)39-23-8-3-9-24-39/h1-33H. The number of aromatic nitrogens is 5. The Morgan fingerprint density at radius 3 is 1.45 bits per heavy atom. The van der Waals surface area contributed by atoms with Gasteiger partial charge in [0.25, 0.3) is 0 Å². The van der Waals surface area contributed by atoms with Crippen LogP contribution >= 0.6 is 0 Å². The van der Waals surface area contributed by atoms with Crippen LogP contribution in [0.3, 0.4) is 0 Å². The van der Waals surface area contributed by atoms with E-state index in [1.807, 2.05) is 60.7 Å². The molecule has 0 saturated carbocycles. The molecule has 3 aromatic heterocycles. The van der Waals surface area contributed by atoms with Crippen LogP contribution in [0.2, 0.25) is 0 Å². The predicted molar refractivity (Wildman–Crippen MR) is 230 cm³/mol. The Balaban J connectivity index is 1.10. The number of rotatable bonds is 6. The molecule has 0 spiro atoms. The van der Waals surface area contributed by atoms with Gasteiger partial charge in [0.15, 0.2) is 17.5 Å². The van der Waals surface area contributed by atoms with Gasteiger partial charge in [-0.15, -0.1) is 0 Å². The van der Waals surface area contributed by atoms with Gasteiger partial charge in [-0.3, -0.25) is 0 Å². The Kier molecular flexibility index (Phi) is 7.42. The molecule has 0 amide bonds. The van der Waals surface area contributed by atoms with Gasteiger partial charge in [0.1, 0.15) is 0 Å². The molecular formula is C51H33N5. The van der Waals surface area contributed by atoms with Gasteiger partial charge in [-0.2, -0.15) is 0 Å². The van der Waals surface area contributed by atoms with Gasteiger partial charge in [-0.1, -0.05) is 152 Å². The minimum absolute atomic E-state index is 0.635. The summed E-state index contributed by atoms with van der Waals surface area (Å²) < 4.78 is 4.84. The summed E-state index contributed by atoms with van der Waals surface area (Å²) in [6.45, 7) is 0. The van der Waals surface area contributed by atoms with E-state index in [1.54, 1.807) is 0 Å². The van der Waals surface area contributed by atoms with Gasteiger partial charge in [-0.05, 0) is 59.7 Å². The second-order valence-electron chi connectivity index (χ2n) is 14.1. The molecule has 5 heteroatoms. The maximum atomic E-state index is 5.01. The molecule has 0 bridgehead atoms. The SMILES string of the molecule is c1ccc(-c2nc(-c3ccccc3)nc(-c3cccc(-c4cccc(-n5c6ccccc6c6ccc7c(c8ccccc8n7-c7ccccc7)c65)c4)c3)n2)cc1. The van der Waals surface area contributed by atoms with Crippen molar-refractivity contribution in [3.8, 4) is 56.7 Å². The fourth-order valence-corrected chi connectivity index (χ4v) is 8.23. The predicted octanol–water partition coefficient (Wildman–Crippen LogP) is 12.7. The topological polar surface area (TPSA) is 48.5 Å². The van der Waals surface area contributed by atoms with Crippen molar-refractivity contribution in [1.29, 1.82) is 0 Å². The van der Waals surface area contributed by atoms with Crippen molar-refractivity contribution in [2.75, 3.05) is 0 Å². The van der Waals surface area contributed by atoms with Crippen LogP contribution in [0, 0.1) is 0 Å². The highest BCUT2D eigenvalue weighted by Gasteiger charge is 2.21. The fraction of sp³-hybridized carbons (Fsp3) is 0. The van der Waals surface area contributed by atoms with Gasteiger partial charge in [0, 0.05) is 49.6 Å². The first-order chi connectivity index (χ1) is 27.8. The van der Waals surface area contributed by atoms with Crippen LogP contribution in [0.15, 0.2) is 200 Å². The molecular weight excluding hydrogens is 683 g/mol. The second-order valence-corrected chi connectivity index (χ2v) is 14.1. The van der Waals surface area contributed by atoms with E-state index in [0.29, 0.717) is 17.5 Å². The fourth-order valence-electron chi connectivity index (χ4n) is 8.23. The third-order valence-electron chi connectivity index (χ3n) is 10.7. The summed E-state index contributed by atoms with van der Waals surface area (Å²) in [5.41, 5.74) is 12.0. The molecule has 0 saturated heterocycles. The lowest BCUT2D eigenvalue weighted by atomic mass is 10.0. The highest BCUT2D eigenvalue weighted by Crippen LogP contribution is 2.42. The number of hydrogen-bond donors (Lipinski definition) is 0. The van der Waals surface area contributed by atoms with Gasteiger partial charge >= 0.3 is 0 Å². The summed E-state index contributed by atoms with van der Waals surface area (Å²) in [6.07, 6.45) is 0. The number of para-hydroxylation sites is 3. The normalized spacial score (nSPS) is 11.6. The molecule has 0 fully saturated rings. The summed E-state index contributed by atoms with van der Waals surface area (Å²) in [6, 6.07) is 70.4. The monoisotopic (exact) mass is 715 g/mol. The third-order valence-corrected chi connectivity index (χ3v) is 10.7. The van der Waals surface area contributed by atoms with Crippen LogP contribution < -0.4 is 0 Å². The van der Waals surface area contributed by atoms with Crippen molar-refractivity contribution >= 4 is 43.6 Å². The highest BCUT2D eigenvalue weighted by molar-refractivity contribution is 6.26. The van der Waals surface area contributed by atoms with Crippen LogP contribution in [0.1, 0.15) is 0 Å². The summed E-state index contributed by atoms with van der Waals surface area (Å²) in [4.78, 5) is 14.9. The summed E-state index contributed by atoms with van der Waals surface area (Å²) in [5.74, 6) is 1.93. The Hall–Kier alpha value is -7.63. The molecule has 11 rings (SSSR count). The Morgan fingerprint density at radius 1 is 0.286 bits per heavy atom. The van der Waals surface area contributed by atoms with Crippen LogP contribution in [0.25, 0.3) is 100 Å². The first-order valence-electron chi connectivity index (χ1n) is 18.9. The molecule has 0 atom stereocenters. The quantitative estimate of drug-likeness (QED) is 0.172. The number of fused-ring (bicyclic) bond motifs is 7. The minimum Gasteiger partial charge on any atom is -0.309 e. The zero-order valence-corrected chi connectivity index (χ0v) is 30.3. The zero-order valence-electron chi connectivity index (χ0n) is 30.3.